The molecular formula is C10H17N3O3S2. The maximum atomic E-state index is 12.2. The fraction of sp³-hybridized carbons (Fsp3) is 0.600. The van der Waals surface area contributed by atoms with Crippen molar-refractivity contribution in [3.8, 4) is 0 Å². The third-order valence-corrected chi connectivity index (χ3v) is 5.39. The predicted molar refractivity (Wildman–Crippen MR) is 69.6 cm³/mol. The summed E-state index contributed by atoms with van der Waals surface area (Å²) in [6, 6.07) is 1.52. The number of sulfonamides is 1. The number of piperazine rings is 1. The van der Waals surface area contributed by atoms with E-state index in [1.54, 1.807) is 10.4 Å². The average Bonchev–Trinajstić information content (AvgIpc) is 2.81. The SMILES string of the molecule is CN1CCN(NS(=O)(=O)c2ccsc2CO)CC1. The van der Waals surface area contributed by atoms with Crippen LogP contribution in [0, 0.1) is 0 Å². The van der Waals surface area contributed by atoms with Gasteiger partial charge in [0.05, 0.1) is 16.4 Å². The highest BCUT2D eigenvalue weighted by Crippen LogP contribution is 2.21. The Morgan fingerprint density at radius 2 is 2.06 bits per heavy atom. The summed E-state index contributed by atoms with van der Waals surface area (Å²) in [7, 11) is -1.56. The Bertz CT molecular complexity index is 492. The average molecular weight is 291 g/mol. The molecular weight excluding hydrogens is 274 g/mol. The minimum atomic E-state index is -3.57. The monoisotopic (exact) mass is 291 g/mol. The smallest absolute Gasteiger partial charge is 0.254 e. The molecule has 1 aliphatic rings. The van der Waals surface area contributed by atoms with E-state index in [0.717, 1.165) is 13.1 Å². The Morgan fingerprint density at radius 3 is 2.67 bits per heavy atom. The predicted octanol–water partition coefficient (Wildman–Crippen LogP) is -0.319. The van der Waals surface area contributed by atoms with Crippen LogP contribution < -0.4 is 4.83 Å². The summed E-state index contributed by atoms with van der Waals surface area (Å²) in [6.07, 6.45) is 0. The molecule has 0 aliphatic carbocycles. The van der Waals surface area contributed by atoms with Crippen molar-refractivity contribution in [2.75, 3.05) is 33.2 Å². The van der Waals surface area contributed by atoms with Crippen LogP contribution in [0.15, 0.2) is 16.3 Å². The second-order valence-electron chi connectivity index (χ2n) is 4.25. The highest BCUT2D eigenvalue weighted by molar-refractivity contribution is 7.89. The molecule has 0 spiro atoms. The molecule has 2 N–H and O–H groups in total. The van der Waals surface area contributed by atoms with Gasteiger partial charge in [-0.05, 0) is 18.5 Å². The van der Waals surface area contributed by atoms with Crippen LogP contribution in [0.1, 0.15) is 4.88 Å². The first-order chi connectivity index (χ1) is 8.53. The van der Waals surface area contributed by atoms with Gasteiger partial charge in [0.25, 0.3) is 10.0 Å². The largest absolute Gasteiger partial charge is 0.391 e. The number of aliphatic hydroxyl groups excluding tert-OH is 1. The molecule has 0 amide bonds. The van der Waals surface area contributed by atoms with E-state index in [4.69, 9.17) is 5.11 Å². The first kappa shape index (κ1) is 13.9. The molecule has 6 nitrogen and oxygen atoms in total. The number of rotatable bonds is 4. The van der Waals surface area contributed by atoms with Gasteiger partial charge in [-0.15, -0.1) is 16.2 Å². The minimum absolute atomic E-state index is 0.175. The van der Waals surface area contributed by atoms with Gasteiger partial charge in [-0.2, -0.15) is 0 Å². The zero-order valence-electron chi connectivity index (χ0n) is 10.2. The highest BCUT2D eigenvalue weighted by atomic mass is 32.2. The van der Waals surface area contributed by atoms with E-state index >= 15 is 0 Å². The van der Waals surface area contributed by atoms with Crippen molar-refractivity contribution < 1.29 is 13.5 Å². The lowest BCUT2D eigenvalue weighted by molar-refractivity contribution is 0.134. The Kier molecular flexibility index (Phi) is 4.36. The third-order valence-electron chi connectivity index (χ3n) is 2.89. The Balaban J connectivity index is 2.08. The molecule has 2 rings (SSSR count). The number of likely N-dealkylation sites (N-methyl/N-ethyl adjacent to an activating group) is 1. The first-order valence-electron chi connectivity index (χ1n) is 5.66. The Morgan fingerprint density at radius 1 is 1.39 bits per heavy atom. The van der Waals surface area contributed by atoms with Crippen LogP contribution in [0.3, 0.4) is 0 Å². The summed E-state index contributed by atoms with van der Waals surface area (Å²) < 4.78 is 24.3. The van der Waals surface area contributed by atoms with Crippen LogP contribution in [0.5, 0.6) is 0 Å². The van der Waals surface area contributed by atoms with Crippen molar-refractivity contribution >= 4 is 21.4 Å². The fourth-order valence-electron chi connectivity index (χ4n) is 1.80. The summed E-state index contributed by atoms with van der Waals surface area (Å²) in [5.74, 6) is 0. The van der Waals surface area contributed by atoms with Crippen molar-refractivity contribution in [1.82, 2.24) is 14.7 Å². The number of nitrogens with one attached hydrogen (secondary N) is 1. The lowest BCUT2D eigenvalue weighted by atomic mass is 10.4. The number of hydrogen-bond acceptors (Lipinski definition) is 6. The molecule has 8 heteroatoms. The summed E-state index contributed by atoms with van der Waals surface area (Å²) in [6.45, 7) is 2.73. The summed E-state index contributed by atoms with van der Waals surface area (Å²) >= 11 is 1.24. The van der Waals surface area contributed by atoms with Gasteiger partial charge in [0.1, 0.15) is 0 Å². The standard InChI is InChI=1S/C10H17N3O3S2/c1-12-3-5-13(6-4-12)11-18(15,16)10-2-7-17-9(10)8-14/h2,7,11,14H,3-6,8H2,1H3. The van der Waals surface area contributed by atoms with Gasteiger partial charge in [-0.25, -0.2) is 13.4 Å². The minimum Gasteiger partial charge on any atom is -0.391 e. The lowest BCUT2D eigenvalue weighted by Crippen LogP contribution is -2.52. The molecule has 2 heterocycles. The second-order valence-corrected chi connectivity index (χ2v) is 6.88. The van der Waals surface area contributed by atoms with E-state index in [1.807, 2.05) is 7.05 Å². The molecule has 0 radical (unpaired) electrons. The summed E-state index contributed by atoms with van der Waals surface area (Å²) in [5.41, 5.74) is 0. The lowest BCUT2D eigenvalue weighted by Gasteiger charge is -2.32. The number of hydrogen-bond donors (Lipinski definition) is 2. The number of hydrazine groups is 1. The summed E-state index contributed by atoms with van der Waals surface area (Å²) in [4.78, 5) is 5.36. The molecule has 1 aliphatic heterocycles. The molecule has 18 heavy (non-hydrogen) atoms. The van der Waals surface area contributed by atoms with Gasteiger partial charge in [0.2, 0.25) is 0 Å². The van der Waals surface area contributed by atoms with Crippen LogP contribution >= 0.6 is 11.3 Å². The molecule has 102 valence electrons. The van der Waals surface area contributed by atoms with Crippen LogP contribution in [-0.2, 0) is 16.6 Å². The number of nitrogens with zero attached hydrogens (tertiary/aromatic N) is 2. The zero-order chi connectivity index (χ0) is 13.2. The van der Waals surface area contributed by atoms with Crippen molar-refractivity contribution in [1.29, 1.82) is 0 Å². The van der Waals surface area contributed by atoms with E-state index in [-0.39, 0.29) is 11.5 Å². The van der Waals surface area contributed by atoms with Crippen molar-refractivity contribution in [3.63, 3.8) is 0 Å². The molecule has 1 fully saturated rings. The van der Waals surface area contributed by atoms with Crippen LogP contribution in [0.25, 0.3) is 0 Å². The van der Waals surface area contributed by atoms with Gasteiger partial charge >= 0.3 is 0 Å². The second kappa shape index (κ2) is 5.64. The molecule has 1 aromatic rings. The van der Waals surface area contributed by atoms with Gasteiger partial charge < -0.3 is 10.0 Å². The van der Waals surface area contributed by atoms with Gasteiger partial charge in [-0.1, -0.05) is 0 Å². The van der Waals surface area contributed by atoms with E-state index < -0.39 is 10.0 Å². The van der Waals surface area contributed by atoms with E-state index in [2.05, 4.69) is 9.73 Å². The topological polar surface area (TPSA) is 72.9 Å². The summed E-state index contributed by atoms with van der Waals surface area (Å²) in [5, 5.41) is 12.5. The van der Waals surface area contributed by atoms with Crippen LogP contribution in [-0.4, -0.2) is 56.7 Å². The zero-order valence-corrected chi connectivity index (χ0v) is 11.8. The Labute approximate surface area is 111 Å². The van der Waals surface area contributed by atoms with E-state index in [0.29, 0.717) is 18.0 Å². The molecule has 0 atom stereocenters. The normalized spacial score (nSPS) is 19.2. The maximum Gasteiger partial charge on any atom is 0.254 e. The van der Waals surface area contributed by atoms with Crippen LogP contribution in [0.2, 0.25) is 0 Å². The van der Waals surface area contributed by atoms with Gasteiger partial charge in [-0.3, -0.25) is 0 Å². The molecule has 0 bridgehead atoms. The molecule has 0 aromatic carbocycles. The van der Waals surface area contributed by atoms with Crippen molar-refractivity contribution in [2.45, 2.75) is 11.5 Å². The van der Waals surface area contributed by atoms with E-state index in [1.165, 1.54) is 17.4 Å². The molecule has 1 aromatic heterocycles. The fourth-order valence-corrected chi connectivity index (χ4v) is 4.22. The van der Waals surface area contributed by atoms with Crippen molar-refractivity contribution in [2.24, 2.45) is 0 Å². The quantitative estimate of drug-likeness (QED) is 0.795. The third kappa shape index (κ3) is 3.08. The van der Waals surface area contributed by atoms with Gasteiger partial charge in [0, 0.05) is 26.2 Å². The first-order valence-corrected chi connectivity index (χ1v) is 8.02. The van der Waals surface area contributed by atoms with E-state index in [9.17, 15) is 8.42 Å². The Hall–Kier alpha value is -0.510. The highest BCUT2D eigenvalue weighted by Gasteiger charge is 2.24. The maximum absolute atomic E-state index is 12.2. The van der Waals surface area contributed by atoms with Crippen molar-refractivity contribution in [3.05, 3.63) is 16.3 Å². The molecule has 1 saturated heterocycles. The molecule has 0 saturated carbocycles. The number of aliphatic hydroxyl groups is 1. The van der Waals surface area contributed by atoms with Crippen LogP contribution in [0.4, 0.5) is 0 Å². The number of thiophene rings is 1. The molecule has 0 unspecified atom stereocenters. The van der Waals surface area contributed by atoms with Gasteiger partial charge in [0.15, 0.2) is 0 Å².